The van der Waals surface area contributed by atoms with Crippen molar-refractivity contribution in [3.8, 4) is 0 Å². The van der Waals surface area contributed by atoms with Gasteiger partial charge in [-0.2, -0.15) is 0 Å². The van der Waals surface area contributed by atoms with E-state index in [1.807, 2.05) is 12.1 Å². The summed E-state index contributed by atoms with van der Waals surface area (Å²) < 4.78 is 40.0. The molecule has 1 N–H and O–H groups in total. The highest BCUT2D eigenvalue weighted by atomic mass is 19.2. The van der Waals surface area contributed by atoms with E-state index < -0.39 is 28.9 Å². The van der Waals surface area contributed by atoms with Crippen molar-refractivity contribution >= 4 is 5.91 Å². The van der Waals surface area contributed by atoms with Crippen molar-refractivity contribution in [2.24, 2.45) is 0 Å². The molecule has 1 aliphatic heterocycles. The van der Waals surface area contributed by atoms with Crippen LogP contribution in [0.5, 0.6) is 0 Å². The lowest BCUT2D eigenvalue weighted by atomic mass is 10.1. The molecule has 3 nitrogen and oxygen atoms in total. The smallest absolute Gasteiger partial charge is 0.257 e. The fraction of sp³-hybridized carbons (Fsp3) is 0.267. The normalized spacial score (nSPS) is 18.2. The van der Waals surface area contributed by atoms with Crippen LogP contribution in [-0.2, 0) is 0 Å². The van der Waals surface area contributed by atoms with Gasteiger partial charge in [0.2, 0.25) is 0 Å². The number of rotatable bonds is 2. The number of H-pyrrole nitrogens is 1. The quantitative estimate of drug-likeness (QED) is 0.847. The number of nitrogens with zero attached hydrogens (tertiary/aromatic N) is 1. The molecular weight excluding hydrogens is 281 g/mol. The standard InChI is InChI=1S/C15H13F3N2O/c16-10-6-5-9(13(17)14(10)18)15(21)20-8-2-4-12(20)11-3-1-7-19-11/h1,3,5-7,12,19H,2,4,8H2. The molecule has 21 heavy (non-hydrogen) atoms. The van der Waals surface area contributed by atoms with Crippen LogP contribution in [0.15, 0.2) is 30.5 Å². The molecule has 2 heterocycles. The van der Waals surface area contributed by atoms with E-state index in [1.165, 1.54) is 4.90 Å². The number of aromatic amines is 1. The summed E-state index contributed by atoms with van der Waals surface area (Å²) in [6.45, 7) is 0.459. The van der Waals surface area contributed by atoms with Gasteiger partial charge in [-0.15, -0.1) is 0 Å². The molecule has 1 aliphatic rings. The van der Waals surface area contributed by atoms with Gasteiger partial charge in [-0.1, -0.05) is 0 Å². The van der Waals surface area contributed by atoms with Crippen LogP contribution in [0, 0.1) is 17.5 Å². The van der Waals surface area contributed by atoms with Gasteiger partial charge < -0.3 is 9.88 Å². The lowest BCUT2D eigenvalue weighted by molar-refractivity contribution is 0.0727. The first-order valence-corrected chi connectivity index (χ1v) is 6.67. The van der Waals surface area contributed by atoms with E-state index in [2.05, 4.69) is 4.98 Å². The first kappa shape index (κ1) is 13.7. The van der Waals surface area contributed by atoms with Gasteiger partial charge in [-0.05, 0) is 37.1 Å². The van der Waals surface area contributed by atoms with E-state index in [0.717, 1.165) is 30.7 Å². The van der Waals surface area contributed by atoms with Crippen molar-refractivity contribution in [3.63, 3.8) is 0 Å². The summed E-state index contributed by atoms with van der Waals surface area (Å²) in [7, 11) is 0. The van der Waals surface area contributed by atoms with Crippen LogP contribution in [0.1, 0.15) is 34.9 Å². The number of nitrogens with one attached hydrogen (secondary N) is 1. The van der Waals surface area contributed by atoms with E-state index in [9.17, 15) is 18.0 Å². The molecule has 110 valence electrons. The number of hydrogen-bond donors (Lipinski definition) is 1. The Labute approximate surface area is 119 Å². The summed E-state index contributed by atoms with van der Waals surface area (Å²) >= 11 is 0. The second kappa shape index (κ2) is 5.27. The number of carbonyl (C=O) groups excluding carboxylic acids is 1. The zero-order chi connectivity index (χ0) is 15.0. The maximum atomic E-state index is 13.8. The van der Waals surface area contributed by atoms with E-state index in [-0.39, 0.29) is 6.04 Å². The third kappa shape index (κ3) is 2.30. The summed E-state index contributed by atoms with van der Waals surface area (Å²) in [6.07, 6.45) is 3.27. The first-order chi connectivity index (χ1) is 10.1. The SMILES string of the molecule is O=C(c1ccc(F)c(F)c1F)N1CCCC1c1ccc[nH]1. The number of aromatic nitrogens is 1. The summed E-state index contributed by atoms with van der Waals surface area (Å²) in [5.74, 6) is -4.97. The molecule has 1 atom stereocenters. The third-order valence-electron chi connectivity index (χ3n) is 3.76. The number of likely N-dealkylation sites (tertiary alicyclic amines) is 1. The number of carbonyl (C=O) groups is 1. The fourth-order valence-corrected chi connectivity index (χ4v) is 2.73. The second-order valence-electron chi connectivity index (χ2n) is 5.00. The van der Waals surface area contributed by atoms with Crippen LogP contribution in [0.25, 0.3) is 0 Å². The molecule has 1 aromatic carbocycles. The Morgan fingerprint density at radius 2 is 2.00 bits per heavy atom. The average Bonchev–Trinajstić information content (AvgIpc) is 3.14. The van der Waals surface area contributed by atoms with Crippen molar-refractivity contribution in [2.45, 2.75) is 18.9 Å². The van der Waals surface area contributed by atoms with Crippen LogP contribution in [0.4, 0.5) is 13.2 Å². The number of benzene rings is 1. The Bertz CT molecular complexity index is 670. The minimum atomic E-state index is -1.61. The minimum absolute atomic E-state index is 0.194. The lowest BCUT2D eigenvalue weighted by Crippen LogP contribution is -2.31. The fourth-order valence-electron chi connectivity index (χ4n) is 2.73. The van der Waals surface area contributed by atoms with Crippen molar-refractivity contribution in [1.82, 2.24) is 9.88 Å². The predicted molar refractivity (Wildman–Crippen MR) is 70.1 cm³/mol. The molecule has 3 rings (SSSR count). The molecule has 1 amide bonds. The summed E-state index contributed by atoms with van der Waals surface area (Å²) in [5, 5.41) is 0. The average molecular weight is 294 g/mol. The van der Waals surface area contributed by atoms with Crippen molar-refractivity contribution in [1.29, 1.82) is 0 Å². The first-order valence-electron chi connectivity index (χ1n) is 6.67. The van der Waals surface area contributed by atoms with Gasteiger partial charge in [-0.25, -0.2) is 13.2 Å². The summed E-state index contributed by atoms with van der Waals surface area (Å²) in [5.41, 5.74) is 0.413. The number of halogens is 3. The number of hydrogen-bond acceptors (Lipinski definition) is 1. The van der Waals surface area contributed by atoms with Crippen LogP contribution in [0.2, 0.25) is 0 Å². The molecule has 0 radical (unpaired) electrons. The molecule has 0 saturated carbocycles. The Morgan fingerprint density at radius 3 is 2.71 bits per heavy atom. The largest absolute Gasteiger partial charge is 0.363 e. The van der Waals surface area contributed by atoms with Gasteiger partial charge >= 0.3 is 0 Å². The van der Waals surface area contributed by atoms with Gasteiger partial charge in [0.1, 0.15) is 0 Å². The van der Waals surface area contributed by atoms with Gasteiger partial charge in [0.05, 0.1) is 11.6 Å². The second-order valence-corrected chi connectivity index (χ2v) is 5.00. The van der Waals surface area contributed by atoms with E-state index in [4.69, 9.17) is 0 Å². The number of amides is 1. The molecular formula is C15H13F3N2O. The van der Waals surface area contributed by atoms with E-state index in [1.54, 1.807) is 6.20 Å². The van der Waals surface area contributed by atoms with E-state index in [0.29, 0.717) is 6.54 Å². The molecule has 1 fully saturated rings. The van der Waals surface area contributed by atoms with Crippen molar-refractivity contribution < 1.29 is 18.0 Å². The Kier molecular flexibility index (Phi) is 3.45. The molecule has 1 unspecified atom stereocenters. The molecule has 0 spiro atoms. The maximum absolute atomic E-state index is 13.8. The molecule has 1 saturated heterocycles. The van der Waals surface area contributed by atoms with Crippen LogP contribution >= 0.6 is 0 Å². The molecule has 1 aromatic heterocycles. The molecule has 6 heteroatoms. The zero-order valence-corrected chi connectivity index (χ0v) is 11.1. The lowest BCUT2D eigenvalue weighted by Gasteiger charge is -2.24. The Hall–Kier alpha value is -2.24. The highest BCUT2D eigenvalue weighted by Gasteiger charge is 2.33. The predicted octanol–water partition coefficient (Wildman–Crippen LogP) is 3.41. The summed E-state index contributed by atoms with van der Waals surface area (Å²) in [4.78, 5) is 16.9. The van der Waals surface area contributed by atoms with Crippen molar-refractivity contribution in [3.05, 3.63) is 59.2 Å². The van der Waals surface area contributed by atoms with Crippen LogP contribution in [-0.4, -0.2) is 22.3 Å². The van der Waals surface area contributed by atoms with Crippen molar-refractivity contribution in [2.75, 3.05) is 6.54 Å². The maximum Gasteiger partial charge on any atom is 0.257 e. The highest BCUT2D eigenvalue weighted by Crippen LogP contribution is 2.32. The highest BCUT2D eigenvalue weighted by molar-refractivity contribution is 5.95. The van der Waals surface area contributed by atoms with E-state index >= 15 is 0 Å². The van der Waals surface area contributed by atoms with Crippen LogP contribution in [0.3, 0.4) is 0 Å². The summed E-state index contributed by atoms with van der Waals surface area (Å²) in [6, 6.07) is 5.22. The third-order valence-corrected chi connectivity index (χ3v) is 3.76. The van der Waals surface area contributed by atoms with Gasteiger partial charge in [0.25, 0.3) is 5.91 Å². The molecule has 2 aromatic rings. The van der Waals surface area contributed by atoms with Gasteiger partial charge in [-0.3, -0.25) is 4.79 Å². The topological polar surface area (TPSA) is 36.1 Å². The van der Waals surface area contributed by atoms with Gasteiger partial charge in [0.15, 0.2) is 17.5 Å². The molecule has 0 aliphatic carbocycles. The van der Waals surface area contributed by atoms with Crippen LogP contribution < -0.4 is 0 Å². The van der Waals surface area contributed by atoms with Gasteiger partial charge in [0, 0.05) is 18.4 Å². The Morgan fingerprint density at radius 1 is 1.19 bits per heavy atom. The molecule has 0 bridgehead atoms. The minimum Gasteiger partial charge on any atom is -0.363 e. The zero-order valence-electron chi connectivity index (χ0n) is 11.1. The Balaban J connectivity index is 1.93. The monoisotopic (exact) mass is 294 g/mol.